The first-order valence-corrected chi connectivity index (χ1v) is 7.13. The second-order valence-electron chi connectivity index (χ2n) is 4.72. The molecular formula is C14H15N3O3S. The van der Waals surface area contributed by atoms with Gasteiger partial charge in [-0.15, -0.1) is 11.3 Å². The monoisotopic (exact) mass is 305 g/mol. The maximum absolute atomic E-state index is 11.1. The molecule has 2 N–H and O–H groups in total. The Bertz CT molecular complexity index is 655. The van der Waals surface area contributed by atoms with E-state index in [1.165, 1.54) is 17.0 Å². The summed E-state index contributed by atoms with van der Waals surface area (Å²) in [6, 6.07) is 8.33. The molecule has 1 aromatic heterocycles. The van der Waals surface area contributed by atoms with Gasteiger partial charge in [-0.2, -0.15) is 0 Å². The predicted molar refractivity (Wildman–Crippen MR) is 81.1 cm³/mol. The van der Waals surface area contributed by atoms with Crippen molar-refractivity contribution in [3.63, 3.8) is 0 Å². The number of primary amides is 1. The Morgan fingerprint density at radius 2 is 2.14 bits per heavy atom. The molecular weight excluding hydrogens is 290 g/mol. The number of amides is 1. The molecule has 0 saturated carbocycles. The molecule has 2 rings (SSSR count). The molecule has 0 fully saturated rings. The molecule has 6 nitrogen and oxygen atoms in total. The van der Waals surface area contributed by atoms with E-state index in [4.69, 9.17) is 5.73 Å². The van der Waals surface area contributed by atoms with Crippen molar-refractivity contribution >= 4 is 22.9 Å². The van der Waals surface area contributed by atoms with Crippen LogP contribution in [0, 0.1) is 10.1 Å². The van der Waals surface area contributed by atoms with Crippen LogP contribution in [0.2, 0.25) is 0 Å². The first-order chi connectivity index (χ1) is 9.97. The van der Waals surface area contributed by atoms with E-state index >= 15 is 0 Å². The van der Waals surface area contributed by atoms with Crippen LogP contribution in [-0.2, 0) is 13.1 Å². The molecule has 0 atom stereocenters. The number of nitro groups is 1. The van der Waals surface area contributed by atoms with Crippen molar-refractivity contribution in [3.05, 3.63) is 61.8 Å². The zero-order valence-electron chi connectivity index (χ0n) is 11.5. The molecule has 110 valence electrons. The summed E-state index contributed by atoms with van der Waals surface area (Å²) in [6.45, 7) is 1.14. The molecule has 21 heavy (non-hydrogen) atoms. The van der Waals surface area contributed by atoms with E-state index < -0.39 is 10.8 Å². The second-order valence-corrected chi connectivity index (χ2v) is 5.75. The summed E-state index contributed by atoms with van der Waals surface area (Å²) < 4.78 is 0. The van der Waals surface area contributed by atoms with E-state index in [0.29, 0.717) is 18.7 Å². The summed E-state index contributed by atoms with van der Waals surface area (Å²) >= 11 is 1.64. The summed E-state index contributed by atoms with van der Waals surface area (Å²) in [6.07, 6.45) is 0. The summed E-state index contributed by atoms with van der Waals surface area (Å²) in [5, 5.41) is 13.1. The highest BCUT2D eigenvalue weighted by molar-refractivity contribution is 7.09. The number of nitro benzene ring substituents is 1. The van der Waals surface area contributed by atoms with Gasteiger partial charge in [0.2, 0.25) is 5.91 Å². The molecule has 0 radical (unpaired) electrons. The Morgan fingerprint density at radius 1 is 1.38 bits per heavy atom. The largest absolute Gasteiger partial charge is 0.366 e. The van der Waals surface area contributed by atoms with E-state index in [0.717, 1.165) is 0 Å². The van der Waals surface area contributed by atoms with Gasteiger partial charge in [0.05, 0.1) is 4.92 Å². The molecule has 0 unspecified atom stereocenters. The van der Waals surface area contributed by atoms with Crippen LogP contribution in [0.1, 0.15) is 20.8 Å². The lowest BCUT2D eigenvalue weighted by Gasteiger charge is -2.16. The molecule has 0 spiro atoms. The maximum atomic E-state index is 11.1. The highest BCUT2D eigenvalue weighted by atomic mass is 32.1. The molecule has 7 heteroatoms. The van der Waals surface area contributed by atoms with E-state index in [-0.39, 0.29) is 11.3 Å². The third-order valence-corrected chi connectivity index (χ3v) is 3.87. The van der Waals surface area contributed by atoms with Crippen LogP contribution in [-0.4, -0.2) is 22.8 Å². The number of nitrogens with zero attached hydrogens (tertiary/aromatic N) is 2. The Kier molecular flexibility index (Phi) is 4.66. The van der Waals surface area contributed by atoms with E-state index in [9.17, 15) is 14.9 Å². The fourth-order valence-corrected chi connectivity index (χ4v) is 2.82. The van der Waals surface area contributed by atoms with Gasteiger partial charge in [-0.3, -0.25) is 19.8 Å². The number of benzene rings is 1. The van der Waals surface area contributed by atoms with Crippen molar-refractivity contribution < 1.29 is 9.72 Å². The van der Waals surface area contributed by atoms with Crippen LogP contribution in [0.4, 0.5) is 5.69 Å². The Hall–Kier alpha value is -2.25. The van der Waals surface area contributed by atoms with Gasteiger partial charge in [0.15, 0.2) is 0 Å². The summed E-state index contributed by atoms with van der Waals surface area (Å²) in [5.74, 6) is -0.670. The average molecular weight is 305 g/mol. The number of carbonyl (C=O) groups is 1. The number of thiophene rings is 1. The SMILES string of the molecule is CN(Cc1cccs1)Cc1ccc(C(N)=O)cc1[N+](=O)[O-]. The maximum Gasteiger partial charge on any atom is 0.274 e. The molecule has 0 aliphatic carbocycles. The number of carbonyl (C=O) groups excluding carboxylic acids is 1. The lowest BCUT2D eigenvalue weighted by atomic mass is 10.1. The van der Waals surface area contributed by atoms with Gasteiger partial charge >= 0.3 is 0 Å². The molecule has 0 aliphatic heterocycles. The first-order valence-electron chi connectivity index (χ1n) is 6.25. The van der Waals surface area contributed by atoms with E-state index in [1.54, 1.807) is 17.4 Å². The van der Waals surface area contributed by atoms with Crippen LogP contribution in [0.25, 0.3) is 0 Å². The lowest BCUT2D eigenvalue weighted by Crippen LogP contribution is -2.18. The van der Waals surface area contributed by atoms with Crippen LogP contribution in [0.5, 0.6) is 0 Å². The number of hydrogen-bond acceptors (Lipinski definition) is 5. The molecule has 2 aromatic rings. The van der Waals surface area contributed by atoms with Gasteiger partial charge in [0, 0.05) is 35.2 Å². The minimum Gasteiger partial charge on any atom is -0.366 e. The zero-order valence-corrected chi connectivity index (χ0v) is 12.3. The third-order valence-electron chi connectivity index (χ3n) is 3.01. The van der Waals surface area contributed by atoms with Crippen molar-refractivity contribution in [3.8, 4) is 0 Å². The molecule has 0 aliphatic rings. The van der Waals surface area contributed by atoms with Crippen molar-refractivity contribution in [2.45, 2.75) is 13.1 Å². The number of nitrogens with two attached hydrogens (primary N) is 1. The average Bonchev–Trinajstić information content (AvgIpc) is 2.91. The van der Waals surface area contributed by atoms with Gasteiger partial charge in [0.25, 0.3) is 5.69 Å². The Morgan fingerprint density at radius 3 is 2.71 bits per heavy atom. The quantitative estimate of drug-likeness (QED) is 0.655. The molecule has 1 amide bonds. The Labute approximate surface area is 126 Å². The van der Waals surface area contributed by atoms with Gasteiger partial charge in [-0.1, -0.05) is 12.1 Å². The Balaban J connectivity index is 2.18. The van der Waals surface area contributed by atoms with E-state index in [1.807, 2.05) is 29.5 Å². The smallest absolute Gasteiger partial charge is 0.274 e. The van der Waals surface area contributed by atoms with Crippen LogP contribution < -0.4 is 5.73 Å². The molecule has 1 aromatic carbocycles. The highest BCUT2D eigenvalue weighted by Crippen LogP contribution is 2.22. The van der Waals surface area contributed by atoms with Crippen molar-refractivity contribution in [1.82, 2.24) is 4.90 Å². The van der Waals surface area contributed by atoms with Gasteiger partial charge in [-0.05, 0) is 24.6 Å². The van der Waals surface area contributed by atoms with Crippen molar-refractivity contribution in [2.24, 2.45) is 5.73 Å². The fourth-order valence-electron chi connectivity index (χ4n) is 2.04. The summed E-state index contributed by atoms with van der Waals surface area (Å²) in [5.41, 5.74) is 5.78. The second kappa shape index (κ2) is 6.47. The molecule has 0 saturated heterocycles. The summed E-state index contributed by atoms with van der Waals surface area (Å²) in [4.78, 5) is 24.9. The third kappa shape index (κ3) is 3.87. The fraction of sp³-hybridized carbons (Fsp3) is 0.214. The van der Waals surface area contributed by atoms with Crippen LogP contribution >= 0.6 is 11.3 Å². The van der Waals surface area contributed by atoms with Gasteiger partial charge in [-0.25, -0.2) is 0 Å². The first kappa shape index (κ1) is 15.1. The summed E-state index contributed by atoms with van der Waals surface area (Å²) in [7, 11) is 1.89. The molecule has 0 bridgehead atoms. The van der Waals surface area contributed by atoms with E-state index in [2.05, 4.69) is 0 Å². The normalized spacial score (nSPS) is 10.8. The minimum atomic E-state index is -0.670. The lowest BCUT2D eigenvalue weighted by molar-refractivity contribution is -0.385. The van der Waals surface area contributed by atoms with Crippen molar-refractivity contribution in [2.75, 3.05) is 7.05 Å². The highest BCUT2D eigenvalue weighted by Gasteiger charge is 2.17. The van der Waals surface area contributed by atoms with Crippen molar-refractivity contribution in [1.29, 1.82) is 0 Å². The zero-order chi connectivity index (χ0) is 15.4. The molecule has 1 heterocycles. The standard InChI is InChI=1S/C14H15N3O3S/c1-16(9-12-3-2-6-21-12)8-11-5-4-10(14(15)18)7-13(11)17(19)20/h2-7H,8-9H2,1H3,(H2,15,18). The van der Waals surface area contributed by atoms with Gasteiger partial charge < -0.3 is 5.73 Å². The number of hydrogen-bond donors (Lipinski definition) is 1. The van der Waals surface area contributed by atoms with Gasteiger partial charge in [0.1, 0.15) is 0 Å². The van der Waals surface area contributed by atoms with Crippen LogP contribution in [0.15, 0.2) is 35.7 Å². The minimum absolute atomic E-state index is 0.0793. The predicted octanol–water partition coefficient (Wildman–Crippen LogP) is 2.39. The topological polar surface area (TPSA) is 89.5 Å². The van der Waals surface area contributed by atoms with Crippen LogP contribution in [0.3, 0.4) is 0 Å². The number of rotatable bonds is 6.